The van der Waals surface area contributed by atoms with Crippen LogP contribution in [0.2, 0.25) is 0 Å². The van der Waals surface area contributed by atoms with Crippen LogP contribution < -0.4 is 0 Å². The maximum atomic E-state index is 10.9. The first-order chi connectivity index (χ1) is 6.15. The number of nitro benzene ring substituents is 1. The minimum Gasteiger partial charge on any atom is -0.475 e. The zero-order valence-corrected chi connectivity index (χ0v) is 10.2. The van der Waals surface area contributed by atoms with Crippen LogP contribution in [-0.4, -0.2) is 18.0 Å². The first-order valence-corrected chi connectivity index (χ1v) is 3.39. The van der Waals surface area contributed by atoms with Gasteiger partial charge in [-0.2, -0.15) is 12.1 Å². The normalized spacial score (nSPS) is 8.64. The number of benzene rings is 1. The molecule has 0 spiro atoms. The van der Waals surface area contributed by atoms with E-state index in [4.69, 9.17) is 0 Å². The number of rotatable bonds is 2. The number of non-ortho nitro benzene ring substituents is 1. The molecule has 0 aliphatic heterocycles. The molecule has 6 heteroatoms. The second-order valence-corrected chi connectivity index (χ2v) is 2.21. The fourth-order valence-electron chi connectivity index (χ4n) is 0.775. The summed E-state index contributed by atoms with van der Waals surface area (Å²) in [7, 11) is 1.24. The van der Waals surface area contributed by atoms with Gasteiger partial charge in [-0.05, 0) is 0 Å². The summed E-state index contributed by atoms with van der Waals surface area (Å²) in [6, 6.07) is 6.10. The minimum absolute atomic E-state index is 0. The quantitative estimate of drug-likeness (QED) is 0.350. The average Bonchev–Trinajstić information content (AvgIpc) is 2.17. The van der Waals surface area contributed by atoms with Crippen molar-refractivity contribution < 1.29 is 47.2 Å². The number of nitro groups is 1. The van der Waals surface area contributed by atoms with Crippen molar-refractivity contribution in [3.8, 4) is 0 Å². The summed E-state index contributed by atoms with van der Waals surface area (Å²) in [5.41, 5.74) is 0.0701. The summed E-state index contributed by atoms with van der Waals surface area (Å²) < 4.78 is 4.41. The first kappa shape index (κ1) is 13.2. The Bertz CT molecular complexity index is 336. The molecular formula is C8H6NO4Y-. The van der Waals surface area contributed by atoms with E-state index in [-0.39, 0.29) is 44.0 Å². The Kier molecular flexibility index (Phi) is 5.49. The zero-order chi connectivity index (χ0) is 9.84. The molecule has 0 unspecified atom stereocenters. The number of esters is 1. The van der Waals surface area contributed by atoms with Gasteiger partial charge in [0.25, 0.3) is 5.97 Å². The molecule has 0 aliphatic carbocycles. The Labute approximate surface area is 105 Å². The molecule has 0 fully saturated rings. The fraction of sp³-hybridized carbons (Fsp3) is 0.125. The molecule has 0 atom stereocenters. The molecule has 0 N–H and O–H groups in total. The van der Waals surface area contributed by atoms with Gasteiger partial charge in [-0.3, -0.25) is 14.9 Å². The van der Waals surface area contributed by atoms with Crippen LogP contribution in [0.4, 0.5) is 5.69 Å². The second kappa shape index (κ2) is 5.83. The third kappa shape index (κ3) is 3.16. The van der Waals surface area contributed by atoms with Gasteiger partial charge >= 0.3 is 0 Å². The number of carbonyl (C=O) groups is 1. The van der Waals surface area contributed by atoms with Gasteiger partial charge in [-0.15, -0.1) is 6.07 Å². The Morgan fingerprint density at radius 3 is 2.57 bits per heavy atom. The summed E-state index contributed by atoms with van der Waals surface area (Å²) >= 11 is 0. The maximum Gasteiger partial charge on any atom is 0.280 e. The summed E-state index contributed by atoms with van der Waals surface area (Å²) in [6.07, 6.45) is 0. The standard InChI is InChI=1S/C8H6NO4.Y/c1-13-8(10)6-2-4-7(5-3-6)9(11)12;/h2-4H,1H3;/q-1;. The van der Waals surface area contributed by atoms with E-state index in [0.29, 0.717) is 0 Å². The molecule has 0 aliphatic rings. The van der Waals surface area contributed by atoms with Gasteiger partial charge in [0.05, 0.1) is 7.11 Å². The van der Waals surface area contributed by atoms with Crippen molar-refractivity contribution in [1.29, 1.82) is 0 Å². The van der Waals surface area contributed by atoms with Crippen LogP contribution in [-0.2, 0) is 37.4 Å². The van der Waals surface area contributed by atoms with Crippen molar-refractivity contribution in [2.24, 2.45) is 0 Å². The number of hydrogen-bond acceptors (Lipinski definition) is 4. The molecule has 1 aromatic rings. The van der Waals surface area contributed by atoms with Crippen molar-refractivity contribution in [3.63, 3.8) is 0 Å². The maximum absolute atomic E-state index is 10.9. The van der Waals surface area contributed by atoms with Gasteiger partial charge in [0.15, 0.2) is 5.69 Å². The Balaban J connectivity index is 0.00000169. The number of nitrogens with zero attached hydrogens (tertiary/aromatic N) is 1. The third-order valence-electron chi connectivity index (χ3n) is 1.41. The molecule has 0 aromatic heterocycles. The minimum atomic E-state index is -0.582. The molecular weight excluding hydrogens is 263 g/mol. The van der Waals surface area contributed by atoms with E-state index in [1.807, 2.05) is 0 Å². The Hall–Kier alpha value is -0.806. The van der Waals surface area contributed by atoms with E-state index in [2.05, 4.69) is 10.8 Å². The van der Waals surface area contributed by atoms with Crippen LogP contribution in [0.1, 0.15) is 10.4 Å². The number of ether oxygens (including phenoxy) is 1. The van der Waals surface area contributed by atoms with E-state index in [0.717, 1.165) is 0 Å². The molecule has 1 rings (SSSR count). The summed E-state index contributed by atoms with van der Waals surface area (Å²) in [5.74, 6) is -0.536. The van der Waals surface area contributed by atoms with Crippen molar-refractivity contribution >= 4 is 11.7 Å². The molecule has 1 radical (unpaired) electrons. The molecule has 0 heterocycles. The largest absolute Gasteiger partial charge is 0.475 e. The molecule has 0 saturated carbocycles. The summed E-state index contributed by atoms with van der Waals surface area (Å²) in [4.78, 5) is 20.5. The van der Waals surface area contributed by atoms with Crippen LogP contribution in [0.15, 0.2) is 18.2 Å². The van der Waals surface area contributed by atoms with Gasteiger partial charge in [-0.1, -0.05) is 11.6 Å². The van der Waals surface area contributed by atoms with Gasteiger partial charge in [-0.25, -0.2) is 0 Å². The third-order valence-corrected chi connectivity index (χ3v) is 1.41. The predicted molar refractivity (Wildman–Crippen MR) is 43.3 cm³/mol. The Morgan fingerprint density at radius 1 is 1.57 bits per heavy atom. The van der Waals surface area contributed by atoms with Gasteiger partial charge in [0, 0.05) is 37.6 Å². The van der Waals surface area contributed by atoms with Gasteiger partial charge in [0.2, 0.25) is 0 Å². The van der Waals surface area contributed by atoms with Crippen molar-refractivity contribution in [2.75, 3.05) is 7.11 Å². The molecule has 0 saturated heterocycles. The molecule has 0 bridgehead atoms. The van der Waals surface area contributed by atoms with Crippen LogP contribution in [0.5, 0.6) is 0 Å². The van der Waals surface area contributed by atoms with E-state index >= 15 is 0 Å². The molecule has 5 nitrogen and oxygen atoms in total. The second-order valence-electron chi connectivity index (χ2n) is 2.21. The predicted octanol–water partition coefficient (Wildman–Crippen LogP) is 1.18. The molecule has 14 heavy (non-hydrogen) atoms. The van der Waals surface area contributed by atoms with E-state index in [9.17, 15) is 14.9 Å². The molecule has 1 aromatic carbocycles. The van der Waals surface area contributed by atoms with Crippen LogP contribution in [0, 0.1) is 16.2 Å². The molecule has 71 valence electrons. The molecule has 0 amide bonds. The smallest absolute Gasteiger partial charge is 0.280 e. The van der Waals surface area contributed by atoms with Crippen molar-refractivity contribution in [1.82, 2.24) is 0 Å². The van der Waals surface area contributed by atoms with Gasteiger partial charge < -0.3 is 4.74 Å². The van der Waals surface area contributed by atoms with E-state index < -0.39 is 10.9 Å². The number of hydrogen-bond donors (Lipinski definition) is 0. The average molecular weight is 269 g/mol. The fourth-order valence-corrected chi connectivity index (χ4v) is 0.775. The summed E-state index contributed by atoms with van der Waals surface area (Å²) in [5, 5.41) is 10.2. The van der Waals surface area contributed by atoms with Crippen molar-refractivity contribution in [2.45, 2.75) is 0 Å². The summed E-state index contributed by atoms with van der Waals surface area (Å²) in [6.45, 7) is 0. The zero-order valence-electron chi connectivity index (χ0n) is 7.39. The monoisotopic (exact) mass is 269 g/mol. The SMILES string of the molecule is COC(=O)c1c[c-]c([N+](=O)[O-])cc1.[Y]. The number of methoxy groups -OCH3 is 1. The van der Waals surface area contributed by atoms with E-state index in [1.54, 1.807) is 0 Å². The van der Waals surface area contributed by atoms with E-state index in [1.165, 1.54) is 25.3 Å². The topological polar surface area (TPSA) is 69.4 Å². The van der Waals surface area contributed by atoms with Crippen molar-refractivity contribution in [3.05, 3.63) is 39.9 Å². The van der Waals surface area contributed by atoms with Crippen LogP contribution in [0.3, 0.4) is 0 Å². The Morgan fingerprint density at radius 2 is 2.21 bits per heavy atom. The van der Waals surface area contributed by atoms with Crippen LogP contribution in [0.25, 0.3) is 0 Å². The number of carbonyl (C=O) groups excluding carboxylic acids is 1. The first-order valence-electron chi connectivity index (χ1n) is 3.39. The van der Waals surface area contributed by atoms with Gasteiger partial charge in [0.1, 0.15) is 0 Å². The van der Waals surface area contributed by atoms with Crippen LogP contribution >= 0.6 is 0 Å².